The number of nitrogens with one attached hydrogen (secondary N) is 2. The molecule has 2 N–H and O–H groups in total. The molecule has 0 saturated heterocycles. The average Bonchev–Trinajstić information content (AvgIpc) is 3.41. The summed E-state index contributed by atoms with van der Waals surface area (Å²) in [4.78, 5) is 28.7. The zero-order chi connectivity index (χ0) is 23.6. The Balaban J connectivity index is 1.36. The summed E-state index contributed by atoms with van der Waals surface area (Å²) in [5.74, 6) is -0.765. The first-order valence-corrected chi connectivity index (χ1v) is 11.1. The topological polar surface area (TPSA) is 154 Å². The van der Waals surface area contributed by atoms with Crippen LogP contribution < -0.4 is 10.0 Å². The van der Waals surface area contributed by atoms with Crippen LogP contribution in [0.3, 0.4) is 0 Å². The summed E-state index contributed by atoms with van der Waals surface area (Å²) in [5.41, 5.74) is 1.56. The normalized spacial score (nSPS) is 12.3. The maximum Gasteiger partial charge on any atom is 0.338 e. The van der Waals surface area contributed by atoms with Crippen molar-refractivity contribution in [3.8, 4) is 0 Å². The van der Waals surface area contributed by atoms with Crippen LogP contribution in [0.5, 0.6) is 0 Å². The van der Waals surface area contributed by atoms with E-state index >= 15 is 0 Å². The van der Waals surface area contributed by atoms with Crippen molar-refractivity contribution in [3.63, 3.8) is 0 Å². The van der Waals surface area contributed by atoms with E-state index in [1.54, 1.807) is 13.0 Å². The van der Waals surface area contributed by atoms with Gasteiger partial charge in [-0.15, -0.1) is 0 Å². The Hall–Kier alpha value is -4.19. The third kappa shape index (κ3) is 5.01. The lowest BCUT2D eigenvalue weighted by Gasteiger charge is -2.14. The fourth-order valence-corrected chi connectivity index (χ4v) is 3.82. The van der Waals surface area contributed by atoms with E-state index in [2.05, 4.69) is 20.2 Å². The number of aromatic nitrogens is 2. The highest BCUT2D eigenvalue weighted by Gasteiger charge is 2.21. The number of fused-ring (bicyclic) bond motifs is 1. The second-order valence-electron chi connectivity index (χ2n) is 7.02. The molecule has 1 atom stereocenters. The van der Waals surface area contributed by atoms with Crippen LogP contribution in [-0.2, 0) is 19.6 Å². The Morgan fingerprint density at radius 1 is 1.09 bits per heavy atom. The van der Waals surface area contributed by atoms with Crippen LogP contribution in [0.15, 0.2) is 68.8 Å². The van der Waals surface area contributed by atoms with Gasteiger partial charge < -0.3 is 19.0 Å². The van der Waals surface area contributed by atoms with Gasteiger partial charge in [-0.05, 0) is 56.3 Å². The van der Waals surface area contributed by atoms with Crippen molar-refractivity contribution >= 4 is 44.5 Å². The van der Waals surface area contributed by atoms with Crippen LogP contribution in [0.2, 0.25) is 0 Å². The molecule has 2 heterocycles. The van der Waals surface area contributed by atoms with E-state index in [1.165, 1.54) is 55.8 Å². The fraction of sp³-hybridized carbons (Fsp3) is 0.143. The van der Waals surface area contributed by atoms with E-state index in [4.69, 9.17) is 13.7 Å². The van der Waals surface area contributed by atoms with E-state index in [1.807, 2.05) is 0 Å². The van der Waals surface area contributed by atoms with E-state index in [0.717, 1.165) is 0 Å². The van der Waals surface area contributed by atoms with E-state index in [9.17, 15) is 18.0 Å². The van der Waals surface area contributed by atoms with Crippen molar-refractivity contribution in [2.24, 2.45) is 0 Å². The zero-order valence-electron chi connectivity index (χ0n) is 17.4. The van der Waals surface area contributed by atoms with Crippen molar-refractivity contribution in [2.75, 3.05) is 10.0 Å². The summed E-state index contributed by atoms with van der Waals surface area (Å²) in [7, 11) is -3.89. The highest BCUT2D eigenvalue weighted by Crippen LogP contribution is 2.19. The van der Waals surface area contributed by atoms with Crippen LogP contribution in [0, 0.1) is 6.92 Å². The number of nitrogens with zero attached hydrogens (tertiary/aromatic N) is 2. The molecule has 1 unspecified atom stereocenters. The highest BCUT2D eigenvalue weighted by atomic mass is 32.2. The molecule has 0 aliphatic carbocycles. The lowest BCUT2D eigenvalue weighted by Crippen LogP contribution is -2.30. The summed E-state index contributed by atoms with van der Waals surface area (Å²) in [6.45, 7) is 3.06. The molecule has 0 saturated carbocycles. The Bertz CT molecular complexity index is 1420. The van der Waals surface area contributed by atoms with Crippen molar-refractivity contribution in [2.45, 2.75) is 24.8 Å². The van der Waals surface area contributed by atoms with Crippen LogP contribution in [0.1, 0.15) is 23.0 Å². The number of sulfonamides is 1. The van der Waals surface area contributed by atoms with Gasteiger partial charge in [0.25, 0.3) is 15.9 Å². The van der Waals surface area contributed by atoms with E-state index in [0.29, 0.717) is 22.5 Å². The number of esters is 1. The van der Waals surface area contributed by atoms with Crippen molar-refractivity contribution < 1.29 is 31.7 Å². The molecule has 170 valence electrons. The standard InChI is InChI=1S/C21H18N4O7S/c1-12-9-19(24-32-12)25-33(28,29)16-6-4-15(5-7-16)23-20(26)13(2)31-21(27)14-3-8-18-17(10-14)22-11-30-18/h3-11,13H,1-2H3,(H,23,26)(H,24,25). The molecule has 0 spiro atoms. The molecule has 0 fully saturated rings. The minimum Gasteiger partial charge on any atom is -0.449 e. The number of oxazole rings is 1. The summed E-state index contributed by atoms with van der Waals surface area (Å²) >= 11 is 0. The first-order chi connectivity index (χ1) is 15.7. The predicted octanol–water partition coefficient (Wildman–Crippen LogP) is 3.11. The molecular formula is C21H18N4O7S. The molecule has 2 aromatic heterocycles. The number of anilines is 2. The summed E-state index contributed by atoms with van der Waals surface area (Å²) in [5, 5.41) is 6.16. The summed E-state index contributed by atoms with van der Waals surface area (Å²) in [6, 6.07) is 11.5. The third-order valence-corrected chi connectivity index (χ3v) is 5.89. The summed E-state index contributed by atoms with van der Waals surface area (Å²) in [6.07, 6.45) is 0.156. The second-order valence-corrected chi connectivity index (χ2v) is 8.71. The van der Waals surface area contributed by atoms with Crippen LogP contribution in [-0.4, -0.2) is 36.5 Å². The molecule has 0 radical (unpaired) electrons. The maximum atomic E-state index is 12.4. The molecule has 11 nitrogen and oxygen atoms in total. The molecule has 0 bridgehead atoms. The number of rotatable bonds is 7. The van der Waals surface area contributed by atoms with Gasteiger partial charge in [-0.1, -0.05) is 5.16 Å². The number of carbonyl (C=O) groups is 2. The van der Waals surface area contributed by atoms with Gasteiger partial charge in [0.15, 0.2) is 23.9 Å². The number of carbonyl (C=O) groups excluding carboxylic acids is 2. The van der Waals surface area contributed by atoms with Gasteiger partial charge in [-0.3, -0.25) is 9.52 Å². The highest BCUT2D eigenvalue weighted by molar-refractivity contribution is 7.92. The van der Waals surface area contributed by atoms with E-state index in [-0.39, 0.29) is 16.3 Å². The fourth-order valence-electron chi connectivity index (χ4n) is 2.84. The van der Waals surface area contributed by atoms with Gasteiger partial charge in [0, 0.05) is 11.8 Å². The smallest absolute Gasteiger partial charge is 0.338 e. The van der Waals surface area contributed by atoms with Gasteiger partial charge in [-0.25, -0.2) is 18.2 Å². The first-order valence-electron chi connectivity index (χ1n) is 9.62. The number of ether oxygens (including phenoxy) is 1. The monoisotopic (exact) mass is 470 g/mol. The van der Waals surface area contributed by atoms with Crippen LogP contribution in [0.25, 0.3) is 11.1 Å². The van der Waals surface area contributed by atoms with E-state index < -0.39 is 28.0 Å². The van der Waals surface area contributed by atoms with Gasteiger partial charge in [-0.2, -0.15) is 0 Å². The van der Waals surface area contributed by atoms with Crippen molar-refractivity contribution in [1.82, 2.24) is 10.1 Å². The molecule has 1 amide bonds. The van der Waals surface area contributed by atoms with Gasteiger partial charge >= 0.3 is 5.97 Å². The maximum absolute atomic E-state index is 12.4. The zero-order valence-corrected chi connectivity index (χ0v) is 18.3. The Labute approximate surface area is 187 Å². The lowest BCUT2D eigenvalue weighted by atomic mass is 10.2. The number of hydrogen-bond acceptors (Lipinski definition) is 9. The molecule has 4 aromatic rings. The number of hydrogen-bond donors (Lipinski definition) is 2. The molecule has 2 aromatic carbocycles. The molecular weight excluding hydrogens is 452 g/mol. The van der Waals surface area contributed by atoms with Crippen LogP contribution >= 0.6 is 0 Å². The molecule has 0 aliphatic heterocycles. The molecule has 12 heteroatoms. The van der Waals surface area contributed by atoms with Gasteiger partial charge in [0.1, 0.15) is 11.3 Å². The molecule has 4 rings (SSSR count). The number of benzene rings is 2. The van der Waals surface area contributed by atoms with Gasteiger partial charge in [0.2, 0.25) is 0 Å². The average molecular weight is 470 g/mol. The van der Waals surface area contributed by atoms with Crippen LogP contribution in [0.4, 0.5) is 11.5 Å². The predicted molar refractivity (Wildman–Crippen MR) is 116 cm³/mol. The minimum absolute atomic E-state index is 0.0381. The summed E-state index contributed by atoms with van der Waals surface area (Å²) < 4.78 is 42.3. The SMILES string of the molecule is Cc1cc(NS(=O)(=O)c2ccc(NC(=O)C(C)OC(=O)c3ccc4ocnc4c3)cc2)no1. The first kappa shape index (κ1) is 22.0. The Morgan fingerprint density at radius 3 is 2.55 bits per heavy atom. The third-order valence-electron chi connectivity index (χ3n) is 4.52. The number of aryl methyl sites for hydroxylation is 1. The molecule has 0 aliphatic rings. The van der Waals surface area contributed by atoms with Crippen molar-refractivity contribution in [3.05, 3.63) is 66.2 Å². The quantitative estimate of drug-likeness (QED) is 0.388. The minimum atomic E-state index is -3.89. The lowest BCUT2D eigenvalue weighted by molar-refractivity contribution is -0.123. The Kier molecular flexibility index (Phi) is 5.84. The second kappa shape index (κ2) is 8.74. The van der Waals surface area contributed by atoms with Gasteiger partial charge in [0.05, 0.1) is 10.5 Å². The number of amides is 1. The van der Waals surface area contributed by atoms with Crippen molar-refractivity contribution in [1.29, 1.82) is 0 Å². The Morgan fingerprint density at radius 2 is 1.85 bits per heavy atom. The largest absolute Gasteiger partial charge is 0.449 e. The molecule has 33 heavy (non-hydrogen) atoms.